The van der Waals surface area contributed by atoms with Crippen LogP contribution in [0.3, 0.4) is 0 Å². The first-order valence-corrected chi connectivity index (χ1v) is 4.24. The number of hydrogen-bond acceptors (Lipinski definition) is 9. The largest absolute Gasteiger partial charge is 0.416 e. The molecule has 1 saturated heterocycles. The van der Waals surface area contributed by atoms with E-state index in [0.717, 1.165) is 13.8 Å². The van der Waals surface area contributed by atoms with Crippen LogP contribution >= 0.6 is 0 Å². The van der Waals surface area contributed by atoms with Crippen molar-refractivity contribution in [1.29, 1.82) is 0 Å². The highest BCUT2D eigenvalue weighted by Gasteiger charge is 2.75. The summed E-state index contributed by atoms with van der Waals surface area (Å²) < 4.78 is 12.0. The van der Waals surface area contributed by atoms with Crippen molar-refractivity contribution in [1.82, 2.24) is 0 Å². The van der Waals surface area contributed by atoms with Crippen LogP contribution < -0.4 is 0 Å². The van der Waals surface area contributed by atoms with Gasteiger partial charge in [0.2, 0.25) is 0 Å². The Morgan fingerprint density at radius 3 is 1.53 bits per heavy atom. The minimum Gasteiger partial charge on any atom is -0.416 e. The Hall–Kier alpha value is -2.00. The quantitative estimate of drug-likeness (QED) is 0.236. The third-order valence-electron chi connectivity index (χ3n) is 1.78. The van der Waals surface area contributed by atoms with Crippen molar-refractivity contribution >= 4 is 23.9 Å². The molecule has 0 aliphatic carbocycles. The molecule has 2 unspecified atom stereocenters. The molecular weight excluding hydrogens is 240 g/mol. The van der Waals surface area contributed by atoms with Gasteiger partial charge in [-0.1, -0.05) is 0 Å². The Kier molecular flexibility index (Phi) is 2.91. The summed E-state index contributed by atoms with van der Waals surface area (Å²) in [5.41, 5.74) is 0. The first kappa shape index (κ1) is 13.1. The van der Waals surface area contributed by atoms with Crippen molar-refractivity contribution in [3.63, 3.8) is 0 Å². The van der Waals surface area contributed by atoms with Crippen LogP contribution in [0.1, 0.15) is 13.8 Å². The summed E-state index contributed by atoms with van der Waals surface area (Å²) in [6.07, 6.45) is 0. The van der Waals surface area contributed by atoms with Gasteiger partial charge < -0.3 is 24.4 Å². The molecule has 0 saturated carbocycles. The Balaban J connectivity index is 3.22. The Morgan fingerprint density at radius 1 is 1.00 bits per heavy atom. The summed E-state index contributed by atoms with van der Waals surface area (Å²) in [4.78, 5) is 43.6. The summed E-state index contributed by atoms with van der Waals surface area (Å²) in [5, 5.41) is 19.2. The molecule has 1 fully saturated rings. The first-order valence-electron chi connectivity index (χ1n) is 4.24. The van der Waals surface area contributed by atoms with Crippen molar-refractivity contribution < 1.29 is 43.6 Å². The lowest BCUT2D eigenvalue weighted by Gasteiger charge is -2.28. The second kappa shape index (κ2) is 3.79. The molecule has 1 rings (SSSR count). The predicted octanol–water partition coefficient (Wildman–Crippen LogP) is -2.43. The molecule has 0 aromatic carbocycles. The molecule has 2 atom stereocenters. The van der Waals surface area contributed by atoms with E-state index < -0.39 is 35.5 Å². The van der Waals surface area contributed by atoms with E-state index in [9.17, 15) is 29.4 Å². The van der Waals surface area contributed by atoms with Crippen LogP contribution in [0.15, 0.2) is 0 Å². The van der Waals surface area contributed by atoms with Crippen LogP contribution in [0.25, 0.3) is 0 Å². The van der Waals surface area contributed by atoms with Gasteiger partial charge in [-0.05, 0) is 0 Å². The van der Waals surface area contributed by atoms with Crippen molar-refractivity contribution in [2.45, 2.75) is 25.4 Å². The summed E-state index contributed by atoms with van der Waals surface area (Å²) in [6.45, 7) is 1.59. The van der Waals surface area contributed by atoms with E-state index in [1.54, 1.807) is 0 Å². The monoisotopic (exact) mass is 248 g/mol. The fourth-order valence-corrected chi connectivity index (χ4v) is 1.14. The third-order valence-corrected chi connectivity index (χ3v) is 1.78. The van der Waals surface area contributed by atoms with Crippen molar-refractivity contribution in [2.24, 2.45) is 0 Å². The van der Waals surface area contributed by atoms with Gasteiger partial charge >= 0.3 is 35.5 Å². The van der Waals surface area contributed by atoms with Gasteiger partial charge in [0.1, 0.15) is 0 Å². The highest BCUT2D eigenvalue weighted by atomic mass is 16.8. The van der Waals surface area contributed by atoms with E-state index in [0.29, 0.717) is 0 Å². The molecule has 0 spiro atoms. The number of hydrogen-bond donors (Lipinski definition) is 2. The zero-order valence-electron chi connectivity index (χ0n) is 8.75. The number of esters is 4. The maximum atomic E-state index is 11.1. The zero-order valence-corrected chi connectivity index (χ0v) is 8.75. The molecule has 0 aromatic rings. The van der Waals surface area contributed by atoms with E-state index in [-0.39, 0.29) is 0 Å². The highest BCUT2D eigenvalue weighted by Crippen LogP contribution is 2.34. The molecule has 2 N–H and O–H groups in total. The number of carbonyl (C=O) groups is 4. The van der Waals surface area contributed by atoms with E-state index in [1.807, 2.05) is 0 Å². The molecule has 0 aromatic heterocycles. The lowest BCUT2D eigenvalue weighted by molar-refractivity contribution is -0.316. The first-order chi connectivity index (χ1) is 7.63. The molecule has 1 heterocycles. The molecule has 0 radical (unpaired) electrons. The van der Waals surface area contributed by atoms with Gasteiger partial charge in [-0.25, -0.2) is 9.59 Å². The number of aliphatic hydroxyl groups is 2. The lowest BCUT2D eigenvalue weighted by atomic mass is 10.1. The van der Waals surface area contributed by atoms with Crippen LogP contribution in [0, 0.1) is 0 Å². The standard InChI is InChI=1S/C8H8O9/c1-3(9)16-7(13)5(11)15-6(12)8(7,14)17-4(2)10/h13-14H,1-2H3. The van der Waals surface area contributed by atoms with Gasteiger partial charge in [0.05, 0.1) is 0 Å². The Bertz CT molecular complexity index is 375. The number of cyclic esters (lactones) is 2. The minimum absolute atomic E-state index is 0.794. The maximum absolute atomic E-state index is 11.1. The second-order valence-electron chi connectivity index (χ2n) is 3.15. The summed E-state index contributed by atoms with van der Waals surface area (Å²) in [7, 11) is 0. The normalized spacial score (nSPS) is 32.0. The van der Waals surface area contributed by atoms with Crippen molar-refractivity contribution in [3.05, 3.63) is 0 Å². The lowest BCUT2D eigenvalue weighted by Crippen LogP contribution is -2.61. The van der Waals surface area contributed by atoms with E-state index in [2.05, 4.69) is 14.2 Å². The number of rotatable bonds is 2. The topological polar surface area (TPSA) is 136 Å². The smallest absolute Gasteiger partial charge is 0.395 e. The number of carbonyl (C=O) groups excluding carboxylic acids is 4. The number of ether oxygens (including phenoxy) is 3. The van der Waals surface area contributed by atoms with Gasteiger partial charge in [0.25, 0.3) is 0 Å². The average Bonchev–Trinajstić information content (AvgIpc) is 2.26. The third kappa shape index (κ3) is 1.85. The molecule has 1 aliphatic heterocycles. The van der Waals surface area contributed by atoms with Crippen molar-refractivity contribution in [2.75, 3.05) is 0 Å². The van der Waals surface area contributed by atoms with E-state index >= 15 is 0 Å². The highest BCUT2D eigenvalue weighted by molar-refractivity contribution is 6.05. The molecular formula is C8H8O9. The SMILES string of the molecule is CC(=O)OC1(O)C(=O)OC(=O)C1(O)OC(C)=O. The molecule has 1 aliphatic rings. The Labute approximate surface area is 93.9 Å². The molecule has 94 valence electrons. The van der Waals surface area contributed by atoms with Crippen LogP contribution in [0.4, 0.5) is 0 Å². The van der Waals surface area contributed by atoms with Gasteiger partial charge in [-0.2, -0.15) is 0 Å². The summed E-state index contributed by atoms with van der Waals surface area (Å²) in [6, 6.07) is 0. The average molecular weight is 248 g/mol. The van der Waals surface area contributed by atoms with Crippen LogP contribution in [-0.2, 0) is 33.4 Å². The van der Waals surface area contributed by atoms with E-state index in [1.165, 1.54) is 0 Å². The molecule has 17 heavy (non-hydrogen) atoms. The predicted molar refractivity (Wildman–Crippen MR) is 44.5 cm³/mol. The molecule has 0 bridgehead atoms. The van der Waals surface area contributed by atoms with Crippen LogP contribution in [0.5, 0.6) is 0 Å². The molecule has 9 heteroatoms. The van der Waals surface area contributed by atoms with E-state index in [4.69, 9.17) is 0 Å². The van der Waals surface area contributed by atoms with Gasteiger partial charge in [-0.15, -0.1) is 0 Å². The second-order valence-corrected chi connectivity index (χ2v) is 3.15. The maximum Gasteiger partial charge on any atom is 0.395 e. The Morgan fingerprint density at radius 2 is 1.29 bits per heavy atom. The van der Waals surface area contributed by atoms with Crippen LogP contribution in [-0.4, -0.2) is 45.7 Å². The zero-order chi connectivity index (χ0) is 13.4. The van der Waals surface area contributed by atoms with Gasteiger partial charge in [0.15, 0.2) is 0 Å². The fraction of sp³-hybridized carbons (Fsp3) is 0.500. The van der Waals surface area contributed by atoms with Crippen molar-refractivity contribution in [3.8, 4) is 0 Å². The van der Waals surface area contributed by atoms with Gasteiger partial charge in [-0.3, -0.25) is 9.59 Å². The summed E-state index contributed by atoms with van der Waals surface area (Å²) >= 11 is 0. The molecule has 9 nitrogen and oxygen atoms in total. The van der Waals surface area contributed by atoms with Gasteiger partial charge in [0, 0.05) is 13.8 Å². The van der Waals surface area contributed by atoms with Crippen LogP contribution in [0.2, 0.25) is 0 Å². The minimum atomic E-state index is -3.42. The fourth-order valence-electron chi connectivity index (χ4n) is 1.14. The summed E-state index contributed by atoms with van der Waals surface area (Å²) in [5.74, 6) is -12.8. The molecule has 0 amide bonds.